The van der Waals surface area contributed by atoms with Crippen molar-refractivity contribution in [3.05, 3.63) is 0 Å². The topological polar surface area (TPSA) is 67.4 Å². The summed E-state index contributed by atoms with van der Waals surface area (Å²) >= 11 is 0. The monoisotopic (exact) mass is 214 g/mol. The molecule has 1 saturated heterocycles. The fraction of sp³-hybridized carbons (Fsp3) is 0.800. The van der Waals surface area contributed by atoms with E-state index in [1.807, 2.05) is 0 Å². The number of carbonyl (C=O) groups excluding carboxylic acids is 2. The van der Waals surface area contributed by atoms with Crippen molar-refractivity contribution in [3.8, 4) is 0 Å². The van der Waals surface area contributed by atoms with Crippen LogP contribution in [0, 0.1) is 0 Å². The Morgan fingerprint density at radius 3 is 2.73 bits per heavy atom. The molecule has 1 aliphatic rings. The van der Waals surface area contributed by atoms with Gasteiger partial charge >= 0.3 is 5.97 Å². The molecule has 0 aromatic rings. The highest BCUT2D eigenvalue weighted by Crippen LogP contribution is 2.07. The molecule has 1 amide bonds. The summed E-state index contributed by atoms with van der Waals surface area (Å²) < 4.78 is 4.53. The van der Waals surface area contributed by atoms with Crippen LogP contribution >= 0.6 is 0 Å². The molecule has 0 aromatic carbocycles. The molecule has 2 atom stereocenters. The molecule has 1 heterocycles. The summed E-state index contributed by atoms with van der Waals surface area (Å²) in [6.45, 7) is 2.48. The van der Waals surface area contributed by atoms with E-state index >= 15 is 0 Å². The Bertz CT molecular complexity index is 237. The summed E-state index contributed by atoms with van der Waals surface area (Å²) in [6.07, 6.45) is 2.99. The Morgan fingerprint density at radius 1 is 1.47 bits per heavy atom. The second-order valence-corrected chi connectivity index (χ2v) is 3.76. The molecule has 2 N–H and O–H groups in total. The van der Waals surface area contributed by atoms with E-state index in [9.17, 15) is 9.59 Å². The van der Waals surface area contributed by atoms with E-state index in [4.69, 9.17) is 0 Å². The summed E-state index contributed by atoms with van der Waals surface area (Å²) in [6, 6.07) is -0.739. The smallest absolute Gasteiger partial charge is 0.328 e. The molecular formula is C10H18N2O3. The maximum Gasteiger partial charge on any atom is 0.328 e. The second kappa shape index (κ2) is 5.70. The zero-order valence-electron chi connectivity index (χ0n) is 9.21. The van der Waals surface area contributed by atoms with Crippen molar-refractivity contribution in [1.82, 2.24) is 10.6 Å². The molecule has 0 radical (unpaired) electrons. The van der Waals surface area contributed by atoms with Crippen LogP contribution in [0.1, 0.15) is 26.2 Å². The first-order valence-corrected chi connectivity index (χ1v) is 5.26. The minimum Gasteiger partial charge on any atom is -0.467 e. The van der Waals surface area contributed by atoms with Gasteiger partial charge < -0.3 is 15.4 Å². The van der Waals surface area contributed by atoms with E-state index in [1.54, 1.807) is 6.92 Å². The van der Waals surface area contributed by atoms with Gasteiger partial charge in [-0.1, -0.05) is 6.42 Å². The maximum atomic E-state index is 11.6. The normalized spacial score (nSPS) is 22.9. The zero-order chi connectivity index (χ0) is 11.3. The molecule has 1 fully saturated rings. The van der Waals surface area contributed by atoms with Crippen LogP contribution in [0.15, 0.2) is 0 Å². The highest BCUT2D eigenvalue weighted by atomic mass is 16.5. The third kappa shape index (κ3) is 3.51. The van der Waals surface area contributed by atoms with Gasteiger partial charge in [0.15, 0.2) is 0 Å². The van der Waals surface area contributed by atoms with Crippen LogP contribution in [-0.4, -0.2) is 37.6 Å². The number of nitrogens with one attached hydrogen (secondary N) is 2. The van der Waals surface area contributed by atoms with Crippen molar-refractivity contribution in [2.45, 2.75) is 38.3 Å². The van der Waals surface area contributed by atoms with Gasteiger partial charge in [-0.2, -0.15) is 0 Å². The Morgan fingerprint density at radius 2 is 2.20 bits per heavy atom. The molecule has 5 heteroatoms. The Balaban J connectivity index is 2.36. The van der Waals surface area contributed by atoms with Crippen LogP contribution in [0.25, 0.3) is 0 Å². The van der Waals surface area contributed by atoms with Crippen molar-refractivity contribution >= 4 is 11.9 Å². The van der Waals surface area contributed by atoms with E-state index in [0.29, 0.717) is 0 Å². The van der Waals surface area contributed by atoms with Crippen LogP contribution in [0.2, 0.25) is 0 Å². The van der Waals surface area contributed by atoms with Gasteiger partial charge in [0, 0.05) is 0 Å². The van der Waals surface area contributed by atoms with Gasteiger partial charge in [0.1, 0.15) is 6.04 Å². The summed E-state index contributed by atoms with van der Waals surface area (Å²) in [5, 5.41) is 5.74. The lowest BCUT2D eigenvalue weighted by atomic mass is 10.0. The lowest BCUT2D eigenvalue weighted by molar-refractivity contribution is -0.144. The summed E-state index contributed by atoms with van der Waals surface area (Å²) in [5.74, 6) is -0.535. The number of hydrogen-bond donors (Lipinski definition) is 2. The van der Waals surface area contributed by atoms with Crippen LogP contribution < -0.4 is 10.6 Å². The molecular weight excluding hydrogens is 196 g/mol. The fourth-order valence-electron chi connectivity index (χ4n) is 1.63. The Labute approximate surface area is 89.6 Å². The SMILES string of the molecule is COC(=O)[C@H](C)NC(=O)C1CCCCN1. The number of methoxy groups -OCH3 is 1. The van der Waals surface area contributed by atoms with Crippen molar-refractivity contribution in [2.24, 2.45) is 0 Å². The number of rotatable bonds is 3. The third-order valence-electron chi connectivity index (χ3n) is 2.54. The van der Waals surface area contributed by atoms with Crippen molar-refractivity contribution < 1.29 is 14.3 Å². The molecule has 0 saturated carbocycles. The van der Waals surface area contributed by atoms with Crippen LogP contribution in [0.5, 0.6) is 0 Å². The largest absolute Gasteiger partial charge is 0.467 e. The number of hydrogen-bond acceptors (Lipinski definition) is 4. The molecule has 0 spiro atoms. The third-order valence-corrected chi connectivity index (χ3v) is 2.54. The number of carbonyl (C=O) groups is 2. The number of ether oxygens (including phenoxy) is 1. The summed E-state index contributed by atoms with van der Waals surface area (Å²) in [5.41, 5.74) is 0. The number of esters is 1. The van der Waals surface area contributed by atoms with Gasteiger partial charge in [-0.3, -0.25) is 4.79 Å². The average Bonchev–Trinajstić information content (AvgIpc) is 2.29. The molecule has 1 rings (SSSR count). The minimum atomic E-state index is -0.578. The summed E-state index contributed by atoms with van der Waals surface area (Å²) in [4.78, 5) is 22.7. The summed E-state index contributed by atoms with van der Waals surface area (Å²) in [7, 11) is 1.31. The Kier molecular flexibility index (Phi) is 4.55. The quantitative estimate of drug-likeness (QED) is 0.639. The second-order valence-electron chi connectivity index (χ2n) is 3.76. The first-order chi connectivity index (χ1) is 7.15. The molecule has 0 bridgehead atoms. The zero-order valence-corrected chi connectivity index (χ0v) is 9.21. The van der Waals surface area contributed by atoms with Gasteiger partial charge in [0.05, 0.1) is 13.2 Å². The first kappa shape index (κ1) is 12.0. The van der Waals surface area contributed by atoms with Crippen molar-refractivity contribution in [3.63, 3.8) is 0 Å². The van der Waals surface area contributed by atoms with Crippen molar-refractivity contribution in [2.75, 3.05) is 13.7 Å². The maximum absolute atomic E-state index is 11.6. The molecule has 0 aromatic heterocycles. The molecule has 86 valence electrons. The lowest BCUT2D eigenvalue weighted by Crippen LogP contribution is -2.50. The standard InChI is InChI=1S/C10H18N2O3/c1-7(10(14)15-2)12-9(13)8-5-3-4-6-11-8/h7-8,11H,3-6H2,1-2H3,(H,12,13)/t7-,8?/m0/s1. The molecule has 5 nitrogen and oxygen atoms in total. The van der Waals surface area contributed by atoms with E-state index in [2.05, 4.69) is 15.4 Å². The van der Waals surface area contributed by atoms with Gasteiger partial charge in [0.25, 0.3) is 0 Å². The van der Waals surface area contributed by atoms with E-state index in [-0.39, 0.29) is 11.9 Å². The van der Waals surface area contributed by atoms with Crippen molar-refractivity contribution in [1.29, 1.82) is 0 Å². The van der Waals surface area contributed by atoms with Crippen LogP contribution in [0.3, 0.4) is 0 Å². The van der Waals surface area contributed by atoms with Gasteiger partial charge in [0.2, 0.25) is 5.91 Å². The van der Waals surface area contributed by atoms with Crippen LogP contribution in [0.4, 0.5) is 0 Å². The van der Waals surface area contributed by atoms with E-state index in [0.717, 1.165) is 25.8 Å². The molecule has 15 heavy (non-hydrogen) atoms. The van der Waals surface area contributed by atoms with Crippen LogP contribution in [-0.2, 0) is 14.3 Å². The van der Waals surface area contributed by atoms with E-state index in [1.165, 1.54) is 7.11 Å². The number of amides is 1. The van der Waals surface area contributed by atoms with Gasteiger partial charge in [-0.15, -0.1) is 0 Å². The highest BCUT2D eigenvalue weighted by molar-refractivity contribution is 5.87. The number of piperidine rings is 1. The minimum absolute atomic E-state index is 0.118. The lowest BCUT2D eigenvalue weighted by Gasteiger charge is -2.23. The average molecular weight is 214 g/mol. The molecule has 1 unspecified atom stereocenters. The predicted octanol–water partition coefficient (Wildman–Crippen LogP) is -0.194. The van der Waals surface area contributed by atoms with Gasteiger partial charge in [-0.25, -0.2) is 4.79 Å². The fourth-order valence-corrected chi connectivity index (χ4v) is 1.63. The molecule has 0 aliphatic carbocycles. The highest BCUT2D eigenvalue weighted by Gasteiger charge is 2.23. The Hall–Kier alpha value is -1.10. The van der Waals surface area contributed by atoms with Gasteiger partial charge in [-0.05, 0) is 26.3 Å². The molecule has 1 aliphatic heterocycles. The van der Waals surface area contributed by atoms with E-state index < -0.39 is 12.0 Å². The first-order valence-electron chi connectivity index (χ1n) is 5.26. The predicted molar refractivity (Wildman–Crippen MR) is 55.3 cm³/mol.